The van der Waals surface area contributed by atoms with Crippen LogP contribution in [0.4, 0.5) is 5.69 Å². The largest absolute Gasteiger partial charge is 0.495 e. The Morgan fingerprint density at radius 2 is 2.20 bits per heavy atom. The summed E-state index contributed by atoms with van der Waals surface area (Å²) in [6.45, 7) is 2.07. The van der Waals surface area contributed by atoms with Gasteiger partial charge < -0.3 is 10.5 Å². The molecule has 82 valence electrons. The molecule has 0 atom stereocenters. The number of hydrogen-bond donors (Lipinski definition) is 1. The summed E-state index contributed by atoms with van der Waals surface area (Å²) in [6.07, 6.45) is 2.53. The van der Waals surface area contributed by atoms with Crippen molar-refractivity contribution in [1.82, 2.24) is 0 Å². The maximum absolute atomic E-state index is 11.7. The van der Waals surface area contributed by atoms with Crippen LogP contribution in [0.2, 0.25) is 0 Å². The first-order valence-electron chi connectivity index (χ1n) is 5.15. The Morgan fingerprint density at radius 1 is 1.47 bits per heavy atom. The minimum Gasteiger partial charge on any atom is -0.495 e. The van der Waals surface area contributed by atoms with Crippen molar-refractivity contribution in [3.8, 4) is 5.75 Å². The number of nitrogens with two attached hydrogens (primary N) is 1. The topological polar surface area (TPSA) is 52.3 Å². The van der Waals surface area contributed by atoms with E-state index in [4.69, 9.17) is 10.5 Å². The minimum absolute atomic E-state index is 0.148. The lowest BCUT2D eigenvalue weighted by atomic mass is 10.1. The third-order valence-electron chi connectivity index (χ3n) is 2.31. The molecule has 0 amide bonds. The standard InChI is InChI=1S/C12H17NO2/c1-3-4-5-11(14)9-6-7-10(13)12(8-9)15-2/h6-8H,3-5,13H2,1-2H3. The molecule has 0 aliphatic carbocycles. The number of unbranched alkanes of at least 4 members (excludes halogenated alkanes) is 1. The predicted octanol–water partition coefficient (Wildman–Crippen LogP) is 2.65. The number of methoxy groups -OCH3 is 1. The van der Waals surface area contributed by atoms with Crippen LogP contribution in [0.5, 0.6) is 5.75 Å². The first-order valence-corrected chi connectivity index (χ1v) is 5.15. The molecule has 0 spiro atoms. The lowest BCUT2D eigenvalue weighted by molar-refractivity contribution is 0.0979. The lowest BCUT2D eigenvalue weighted by Crippen LogP contribution is -2.01. The third-order valence-corrected chi connectivity index (χ3v) is 2.31. The van der Waals surface area contributed by atoms with Crippen LogP contribution in [-0.4, -0.2) is 12.9 Å². The van der Waals surface area contributed by atoms with Gasteiger partial charge in [0.25, 0.3) is 0 Å². The van der Waals surface area contributed by atoms with Crippen LogP contribution < -0.4 is 10.5 Å². The Hall–Kier alpha value is -1.51. The Morgan fingerprint density at radius 3 is 2.80 bits per heavy atom. The van der Waals surface area contributed by atoms with Crippen LogP contribution in [0.15, 0.2) is 18.2 Å². The zero-order valence-electron chi connectivity index (χ0n) is 9.25. The maximum Gasteiger partial charge on any atom is 0.163 e. The highest BCUT2D eigenvalue weighted by molar-refractivity contribution is 5.96. The summed E-state index contributed by atoms with van der Waals surface area (Å²) in [5, 5.41) is 0. The SMILES string of the molecule is CCCCC(=O)c1ccc(N)c(OC)c1. The van der Waals surface area contributed by atoms with Crippen LogP contribution >= 0.6 is 0 Å². The molecule has 15 heavy (non-hydrogen) atoms. The van der Waals surface area contributed by atoms with E-state index in [1.165, 1.54) is 0 Å². The zero-order chi connectivity index (χ0) is 11.3. The van der Waals surface area contributed by atoms with Gasteiger partial charge in [0.1, 0.15) is 5.75 Å². The lowest BCUT2D eigenvalue weighted by Gasteiger charge is -2.06. The van der Waals surface area contributed by atoms with Crippen LogP contribution in [0.1, 0.15) is 36.5 Å². The van der Waals surface area contributed by atoms with Crippen molar-refractivity contribution in [3.63, 3.8) is 0 Å². The fourth-order valence-electron chi connectivity index (χ4n) is 1.37. The number of Topliss-reactive ketones (excluding diaryl/α,β-unsaturated/α-hetero) is 1. The molecule has 1 aromatic carbocycles. The van der Waals surface area contributed by atoms with Gasteiger partial charge in [0.15, 0.2) is 5.78 Å². The summed E-state index contributed by atoms with van der Waals surface area (Å²) in [7, 11) is 1.55. The van der Waals surface area contributed by atoms with E-state index in [2.05, 4.69) is 6.92 Å². The van der Waals surface area contributed by atoms with Crippen molar-refractivity contribution in [2.75, 3.05) is 12.8 Å². The van der Waals surface area contributed by atoms with Crippen LogP contribution in [-0.2, 0) is 0 Å². The second kappa shape index (κ2) is 5.39. The summed E-state index contributed by atoms with van der Waals surface area (Å²) in [6, 6.07) is 5.15. The van der Waals surface area contributed by atoms with Gasteiger partial charge in [-0.15, -0.1) is 0 Å². The smallest absolute Gasteiger partial charge is 0.163 e. The second-order valence-corrected chi connectivity index (χ2v) is 3.48. The molecule has 2 N–H and O–H groups in total. The van der Waals surface area contributed by atoms with E-state index >= 15 is 0 Å². The Kier molecular flexibility index (Phi) is 4.16. The molecule has 1 aromatic rings. The van der Waals surface area contributed by atoms with Gasteiger partial charge in [0.05, 0.1) is 12.8 Å². The molecule has 0 heterocycles. The number of ether oxygens (including phenoxy) is 1. The number of benzene rings is 1. The van der Waals surface area contributed by atoms with Gasteiger partial charge in [-0.1, -0.05) is 13.3 Å². The number of ketones is 1. The molecule has 0 saturated heterocycles. The Bertz CT molecular complexity index is 347. The van der Waals surface area contributed by atoms with Crippen molar-refractivity contribution in [2.24, 2.45) is 0 Å². The molecular weight excluding hydrogens is 190 g/mol. The zero-order valence-corrected chi connectivity index (χ0v) is 9.25. The summed E-state index contributed by atoms with van der Waals surface area (Å²) in [4.78, 5) is 11.7. The van der Waals surface area contributed by atoms with Crippen molar-refractivity contribution in [3.05, 3.63) is 23.8 Å². The fraction of sp³-hybridized carbons (Fsp3) is 0.417. The third kappa shape index (κ3) is 2.98. The Balaban J connectivity index is 2.81. The monoisotopic (exact) mass is 207 g/mol. The Labute approximate surface area is 90.2 Å². The van der Waals surface area contributed by atoms with Crippen molar-refractivity contribution in [1.29, 1.82) is 0 Å². The van der Waals surface area contributed by atoms with Crippen LogP contribution in [0.25, 0.3) is 0 Å². The van der Waals surface area contributed by atoms with Gasteiger partial charge in [-0.05, 0) is 24.6 Å². The molecule has 1 rings (SSSR count). The molecule has 0 aliphatic heterocycles. The van der Waals surface area contributed by atoms with Gasteiger partial charge in [-0.2, -0.15) is 0 Å². The molecule has 0 radical (unpaired) electrons. The number of anilines is 1. The van der Waals surface area contributed by atoms with Gasteiger partial charge in [-0.3, -0.25) is 4.79 Å². The van der Waals surface area contributed by atoms with E-state index < -0.39 is 0 Å². The molecule has 0 bridgehead atoms. The minimum atomic E-state index is 0.148. The van der Waals surface area contributed by atoms with Crippen molar-refractivity contribution < 1.29 is 9.53 Å². The molecule has 0 fully saturated rings. The van der Waals surface area contributed by atoms with Gasteiger partial charge in [0, 0.05) is 12.0 Å². The number of carbonyl (C=O) groups excluding carboxylic acids is 1. The van der Waals surface area contributed by atoms with E-state index in [9.17, 15) is 4.79 Å². The molecule has 0 saturated carbocycles. The van der Waals surface area contributed by atoms with E-state index in [1.807, 2.05) is 0 Å². The van der Waals surface area contributed by atoms with Gasteiger partial charge >= 0.3 is 0 Å². The number of hydrogen-bond acceptors (Lipinski definition) is 3. The van der Waals surface area contributed by atoms with Gasteiger partial charge in [0.2, 0.25) is 0 Å². The maximum atomic E-state index is 11.7. The first kappa shape index (κ1) is 11.6. The molecule has 3 heteroatoms. The van der Waals surface area contributed by atoms with E-state index in [1.54, 1.807) is 25.3 Å². The quantitative estimate of drug-likeness (QED) is 0.596. The van der Waals surface area contributed by atoms with E-state index in [0.717, 1.165) is 12.8 Å². The highest BCUT2D eigenvalue weighted by atomic mass is 16.5. The summed E-state index contributed by atoms with van der Waals surface area (Å²) >= 11 is 0. The normalized spacial score (nSPS) is 10.0. The number of rotatable bonds is 5. The summed E-state index contributed by atoms with van der Waals surface area (Å²) in [5.41, 5.74) is 6.90. The highest BCUT2D eigenvalue weighted by Crippen LogP contribution is 2.23. The van der Waals surface area contributed by atoms with E-state index in [-0.39, 0.29) is 5.78 Å². The molecule has 0 aliphatic rings. The van der Waals surface area contributed by atoms with Crippen LogP contribution in [0.3, 0.4) is 0 Å². The second-order valence-electron chi connectivity index (χ2n) is 3.48. The molecule has 3 nitrogen and oxygen atoms in total. The van der Waals surface area contributed by atoms with Crippen molar-refractivity contribution in [2.45, 2.75) is 26.2 Å². The van der Waals surface area contributed by atoms with Gasteiger partial charge in [-0.25, -0.2) is 0 Å². The average molecular weight is 207 g/mol. The highest BCUT2D eigenvalue weighted by Gasteiger charge is 2.08. The number of carbonyl (C=O) groups is 1. The predicted molar refractivity (Wildman–Crippen MR) is 61.3 cm³/mol. The molecule has 0 aromatic heterocycles. The molecule has 0 unspecified atom stereocenters. The van der Waals surface area contributed by atoms with E-state index in [0.29, 0.717) is 23.4 Å². The van der Waals surface area contributed by atoms with Crippen molar-refractivity contribution >= 4 is 11.5 Å². The van der Waals surface area contributed by atoms with Crippen LogP contribution in [0, 0.1) is 0 Å². The number of nitrogen functional groups attached to an aromatic ring is 1. The summed E-state index contributed by atoms with van der Waals surface area (Å²) < 4.78 is 5.06. The molecular formula is C12H17NO2. The average Bonchev–Trinajstić information content (AvgIpc) is 2.26. The first-order chi connectivity index (χ1) is 7.19. The fourth-order valence-corrected chi connectivity index (χ4v) is 1.37. The summed E-state index contributed by atoms with van der Waals surface area (Å²) in [5.74, 6) is 0.715.